The molecule has 18 heavy (non-hydrogen) atoms. The molecule has 2 nitrogen and oxygen atoms in total. The van der Waals surface area contributed by atoms with Crippen LogP contribution in [0.4, 0.5) is 0 Å². The molecule has 1 aromatic carbocycles. The van der Waals surface area contributed by atoms with E-state index in [0.717, 1.165) is 0 Å². The van der Waals surface area contributed by atoms with Crippen molar-refractivity contribution in [2.75, 3.05) is 0 Å². The van der Waals surface area contributed by atoms with Crippen LogP contribution in [-0.2, 0) is 32.7 Å². The molecule has 0 N–H and O–H groups in total. The number of hydrogen-bond acceptors (Lipinski definition) is 2. The largest absolute Gasteiger partial charge is 0.524 e. The molecule has 0 amide bonds. The SMILES string of the molecule is C.C[C-](C)C.[CH2-]c1coc2ccccc2c1=O.[Y]. The summed E-state index contributed by atoms with van der Waals surface area (Å²) in [5.41, 5.74) is 0.945. The second-order valence-corrected chi connectivity index (χ2v) is 4.09. The molecule has 97 valence electrons. The Morgan fingerprint density at radius 1 is 1.17 bits per heavy atom. The van der Waals surface area contributed by atoms with Gasteiger partial charge in [-0.05, 0) is 12.3 Å². The Bertz CT molecular complexity index is 512. The van der Waals surface area contributed by atoms with Crippen LogP contribution in [-0.4, -0.2) is 0 Å². The molecule has 0 aliphatic rings. The first kappa shape index (κ1) is 19.7. The van der Waals surface area contributed by atoms with Gasteiger partial charge in [0.1, 0.15) is 5.58 Å². The Kier molecular flexibility index (Phi) is 10.3. The fourth-order valence-corrected chi connectivity index (χ4v) is 1.12. The third-order valence-electron chi connectivity index (χ3n) is 1.75. The first-order chi connectivity index (χ1) is 7.52. The van der Waals surface area contributed by atoms with Crippen molar-refractivity contribution in [3.63, 3.8) is 0 Å². The van der Waals surface area contributed by atoms with Gasteiger partial charge in [-0.2, -0.15) is 27.7 Å². The first-order valence-electron chi connectivity index (χ1n) is 5.11. The van der Waals surface area contributed by atoms with Gasteiger partial charge >= 0.3 is 0 Å². The number of rotatable bonds is 0. The summed E-state index contributed by atoms with van der Waals surface area (Å²) >= 11 is 0. The molecule has 0 unspecified atom stereocenters. The van der Waals surface area contributed by atoms with Crippen LogP contribution < -0.4 is 5.43 Å². The van der Waals surface area contributed by atoms with E-state index in [-0.39, 0.29) is 45.6 Å². The fraction of sp³-hybridized carbons (Fsp3) is 0.267. The maximum Gasteiger partial charge on any atom is 0.108 e. The summed E-state index contributed by atoms with van der Waals surface area (Å²) in [5, 5.41) is 0.588. The molecule has 1 heterocycles. The minimum atomic E-state index is -0.0585. The van der Waals surface area contributed by atoms with Gasteiger partial charge < -0.3 is 15.1 Å². The number of hydrogen-bond donors (Lipinski definition) is 0. The van der Waals surface area contributed by atoms with E-state index in [0.29, 0.717) is 16.5 Å². The van der Waals surface area contributed by atoms with Crippen LogP contribution in [0.2, 0.25) is 0 Å². The van der Waals surface area contributed by atoms with Crippen LogP contribution in [0.3, 0.4) is 0 Å². The van der Waals surface area contributed by atoms with Gasteiger partial charge in [0.2, 0.25) is 0 Å². The molecule has 3 heteroatoms. The van der Waals surface area contributed by atoms with Gasteiger partial charge in [-0.3, -0.25) is 0 Å². The Labute approximate surface area is 135 Å². The number of fused-ring (bicyclic) bond motifs is 1. The van der Waals surface area contributed by atoms with E-state index in [9.17, 15) is 4.79 Å². The quantitative estimate of drug-likeness (QED) is 0.680. The van der Waals surface area contributed by atoms with Crippen molar-refractivity contribution in [1.29, 1.82) is 0 Å². The topological polar surface area (TPSA) is 30.2 Å². The van der Waals surface area contributed by atoms with Gasteiger partial charge in [-0.1, -0.05) is 25.6 Å². The summed E-state index contributed by atoms with van der Waals surface area (Å²) < 4.78 is 5.16. The normalized spacial score (nSPS) is 8.89. The molecule has 2 rings (SSSR count). The second kappa shape index (κ2) is 9.35. The van der Waals surface area contributed by atoms with Gasteiger partial charge in [-0.15, -0.1) is 5.56 Å². The molecule has 1 radical (unpaired) electrons. The van der Waals surface area contributed by atoms with Crippen LogP contribution in [0, 0.1) is 12.8 Å². The van der Waals surface area contributed by atoms with Gasteiger partial charge in [0.25, 0.3) is 0 Å². The van der Waals surface area contributed by atoms with Crippen LogP contribution in [0.25, 0.3) is 11.0 Å². The molecule has 0 bridgehead atoms. The van der Waals surface area contributed by atoms with Crippen molar-refractivity contribution in [1.82, 2.24) is 0 Å². The van der Waals surface area contributed by atoms with Gasteiger partial charge in [-0.25, -0.2) is 0 Å². The Morgan fingerprint density at radius 3 is 2.22 bits per heavy atom. The Hall–Kier alpha value is -0.596. The minimum Gasteiger partial charge on any atom is -0.524 e. The molecule has 0 spiro atoms. The van der Waals surface area contributed by atoms with E-state index < -0.39 is 0 Å². The van der Waals surface area contributed by atoms with E-state index in [1.807, 2.05) is 6.07 Å². The zero-order valence-electron chi connectivity index (χ0n) is 10.5. The van der Waals surface area contributed by atoms with E-state index >= 15 is 0 Å². The standard InChI is InChI=1S/C10H7O2.C4H9.CH4.Y/c1-7-6-12-9-5-3-2-4-8(9)10(7)11;1-4(2)3;;/h2-6H,1H2;1-3H3;1H4;/q2*-1;;. The molecule has 0 atom stereocenters. The van der Waals surface area contributed by atoms with Crippen LogP contribution in [0.5, 0.6) is 0 Å². The summed E-state index contributed by atoms with van der Waals surface area (Å²) in [5.74, 6) is 1.42. The summed E-state index contributed by atoms with van der Waals surface area (Å²) in [4.78, 5) is 11.4. The average Bonchev–Trinajstić information content (AvgIpc) is 2.23. The monoisotopic (exact) mass is 321 g/mol. The van der Waals surface area contributed by atoms with Gasteiger partial charge in [0.15, 0.2) is 0 Å². The van der Waals surface area contributed by atoms with E-state index in [4.69, 9.17) is 4.42 Å². The van der Waals surface area contributed by atoms with Crippen molar-refractivity contribution < 1.29 is 37.1 Å². The molecular weight excluding hydrogens is 301 g/mol. The van der Waals surface area contributed by atoms with Crippen LogP contribution >= 0.6 is 0 Å². The van der Waals surface area contributed by atoms with E-state index in [1.54, 1.807) is 18.2 Å². The maximum atomic E-state index is 11.4. The molecule has 0 aliphatic carbocycles. The summed E-state index contributed by atoms with van der Waals surface area (Å²) in [6.07, 6.45) is 1.38. The number of para-hydroxylation sites is 1. The van der Waals surface area contributed by atoms with E-state index in [1.165, 1.54) is 12.2 Å². The van der Waals surface area contributed by atoms with Crippen LogP contribution in [0.15, 0.2) is 39.7 Å². The molecule has 0 aliphatic heterocycles. The molecule has 0 saturated carbocycles. The zero-order chi connectivity index (χ0) is 12.1. The number of benzene rings is 1. The summed E-state index contributed by atoms with van der Waals surface area (Å²) in [7, 11) is 0. The van der Waals surface area contributed by atoms with Crippen molar-refractivity contribution in [2.45, 2.75) is 28.2 Å². The smallest absolute Gasteiger partial charge is 0.108 e. The van der Waals surface area contributed by atoms with Crippen molar-refractivity contribution in [3.8, 4) is 0 Å². The predicted molar refractivity (Wildman–Crippen MR) is 73.9 cm³/mol. The van der Waals surface area contributed by atoms with Crippen molar-refractivity contribution in [2.24, 2.45) is 0 Å². The third kappa shape index (κ3) is 5.83. The third-order valence-corrected chi connectivity index (χ3v) is 1.75. The van der Waals surface area contributed by atoms with E-state index in [2.05, 4.69) is 27.7 Å². The minimum absolute atomic E-state index is 0. The molecule has 1 aromatic heterocycles. The summed E-state index contributed by atoms with van der Waals surface area (Å²) in [6, 6.07) is 7.12. The van der Waals surface area contributed by atoms with Crippen molar-refractivity contribution in [3.05, 3.63) is 59.2 Å². The van der Waals surface area contributed by atoms with Crippen molar-refractivity contribution >= 4 is 11.0 Å². The summed E-state index contributed by atoms with van der Waals surface area (Å²) in [6.45, 7) is 9.81. The molecular formula is C15H20O2Y-2. The Morgan fingerprint density at radius 2 is 1.67 bits per heavy atom. The first-order valence-corrected chi connectivity index (χ1v) is 5.11. The second-order valence-electron chi connectivity index (χ2n) is 4.09. The maximum absolute atomic E-state index is 11.4. The molecule has 2 aromatic rings. The predicted octanol–water partition coefficient (Wildman–Crippen LogP) is 4.23. The fourth-order valence-electron chi connectivity index (χ4n) is 1.12. The average molecular weight is 321 g/mol. The van der Waals surface area contributed by atoms with Gasteiger partial charge in [0, 0.05) is 38.1 Å². The Balaban J connectivity index is 0. The molecule has 0 fully saturated rings. The zero-order valence-corrected chi connectivity index (χ0v) is 13.3. The van der Waals surface area contributed by atoms with Gasteiger partial charge in [0.05, 0.1) is 5.43 Å². The van der Waals surface area contributed by atoms with Crippen LogP contribution in [0.1, 0.15) is 33.8 Å². The molecule has 0 saturated heterocycles.